The Morgan fingerprint density at radius 3 is 2.82 bits per heavy atom. The number of ether oxygens (including phenoxy) is 1. The van der Waals surface area contributed by atoms with E-state index in [0.717, 1.165) is 35.4 Å². The van der Waals surface area contributed by atoms with E-state index >= 15 is 0 Å². The molecule has 10 heteroatoms. The van der Waals surface area contributed by atoms with Crippen molar-refractivity contribution in [2.45, 2.75) is 0 Å². The molecule has 1 saturated heterocycles. The number of aromatic amines is 1. The summed E-state index contributed by atoms with van der Waals surface area (Å²) >= 11 is 6.47. The van der Waals surface area contributed by atoms with Gasteiger partial charge in [0.1, 0.15) is 0 Å². The quantitative estimate of drug-likeness (QED) is 0.355. The summed E-state index contributed by atoms with van der Waals surface area (Å²) < 4.78 is 5.45. The normalized spacial score (nSPS) is 13.6. The highest BCUT2D eigenvalue weighted by Crippen LogP contribution is 2.32. The maximum atomic E-state index is 11.7. The van der Waals surface area contributed by atoms with Crippen molar-refractivity contribution in [1.29, 1.82) is 0 Å². The highest BCUT2D eigenvalue weighted by Gasteiger charge is 2.16. The number of anilines is 4. The van der Waals surface area contributed by atoms with Crippen molar-refractivity contribution in [3.8, 4) is 11.3 Å². The molecule has 0 aliphatic carbocycles. The second-order valence-electron chi connectivity index (χ2n) is 7.69. The first-order valence-corrected chi connectivity index (χ1v) is 11.1. The Morgan fingerprint density at radius 1 is 1.15 bits per heavy atom. The van der Waals surface area contributed by atoms with Crippen molar-refractivity contribution >= 4 is 51.6 Å². The average Bonchev–Trinajstić information content (AvgIpc) is 3.34. The fraction of sp³-hybridized carbons (Fsp3) is 0.167. The molecule has 1 amide bonds. The van der Waals surface area contributed by atoms with Crippen LogP contribution in [0.3, 0.4) is 0 Å². The van der Waals surface area contributed by atoms with Gasteiger partial charge >= 0.3 is 0 Å². The van der Waals surface area contributed by atoms with Crippen LogP contribution in [0.4, 0.5) is 23.0 Å². The molecule has 3 N–H and O–H groups in total. The van der Waals surface area contributed by atoms with Crippen LogP contribution in [-0.4, -0.2) is 52.4 Å². The summed E-state index contributed by atoms with van der Waals surface area (Å²) in [5.41, 5.74) is 4.46. The highest BCUT2D eigenvalue weighted by atomic mass is 35.5. The first-order chi connectivity index (χ1) is 16.6. The van der Waals surface area contributed by atoms with E-state index in [0.29, 0.717) is 41.2 Å². The Hall–Kier alpha value is -3.95. The predicted octanol–water partition coefficient (Wildman–Crippen LogP) is 4.38. The van der Waals surface area contributed by atoms with Gasteiger partial charge in [-0.2, -0.15) is 10.1 Å². The standard InChI is InChI=1S/C24H22ClN7O2/c1-2-21(33)27-16-5-3-4-15(12-16)22-18-14-26-31-23(18)30-24(29-22)28-17-6-7-19(25)20(13-17)32-8-10-34-11-9-32/h2-7,12-14H,1,8-11H2,(H,27,33)(H2,26,28,29,30,31). The number of rotatable bonds is 6. The molecule has 4 aromatic rings. The molecule has 1 fully saturated rings. The van der Waals surface area contributed by atoms with Gasteiger partial charge in [0.15, 0.2) is 5.65 Å². The van der Waals surface area contributed by atoms with Crippen molar-refractivity contribution in [2.24, 2.45) is 0 Å². The van der Waals surface area contributed by atoms with E-state index in [9.17, 15) is 4.79 Å². The number of halogens is 1. The Labute approximate surface area is 200 Å². The highest BCUT2D eigenvalue weighted by molar-refractivity contribution is 6.33. The van der Waals surface area contributed by atoms with Gasteiger partial charge in [0.05, 0.1) is 41.2 Å². The van der Waals surface area contributed by atoms with Crippen LogP contribution in [0.2, 0.25) is 5.02 Å². The molecule has 0 unspecified atom stereocenters. The van der Waals surface area contributed by atoms with E-state index in [4.69, 9.17) is 21.3 Å². The van der Waals surface area contributed by atoms with Crippen molar-refractivity contribution in [3.63, 3.8) is 0 Å². The van der Waals surface area contributed by atoms with Gasteiger partial charge in [-0.05, 0) is 36.4 Å². The summed E-state index contributed by atoms with van der Waals surface area (Å²) in [5, 5.41) is 14.6. The zero-order valence-corrected chi connectivity index (χ0v) is 19.0. The number of hydrogen-bond donors (Lipinski definition) is 3. The zero-order chi connectivity index (χ0) is 23.5. The number of amides is 1. The van der Waals surface area contributed by atoms with Crippen LogP contribution in [0.5, 0.6) is 0 Å². The molecule has 2 aromatic heterocycles. The smallest absolute Gasteiger partial charge is 0.247 e. The molecule has 2 aromatic carbocycles. The topological polar surface area (TPSA) is 108 Å². The molecule has 34 heavy (non-hydrogen) atoms. The number of carbonyl (C=O) groups excluding carboxylic acids is 1. The summed E-state index contributed by atoms with van der Waals surface area (Å²) in [4.78, 5) is 23.3. The molecular formula is C24H22ClN7O2. The third-order valence-corrected chi connectivity index (χ3v) is 5.77. The van der Waals surface area contributed by atoms with E-state index < -0.39 is 0 Å². The second kappa shape index (κ2) is 9.50. The molecular weight excluding hydrogens is 454 g/mol. The number of morpholine rings is 1. The number of hydrogen-bond acceptors (Lipinski definition) is 7. The van der Waals surface area contributed by atoms with Crippen molar-refractivity contribution < 1.29 is 9.53 Å². The van der Waals surface area contributed by atoms with Crippen LogP contribution in [0.25, 0.3) is 22.3 Å². The lowest BCUT2D eigenvalue weighted by Gasteiger charge is -2.29. The Bertz CT molecular complexity index is 1360. The first kappa shape index (κ1) is 21.9. The molecule has 1 aliphatic heterocycles. The number of H-pyrrole nitrogens is 1. The average molecular weight is 476 g/mol. The number of nitrogens with zero attached hydrogens (tertiary/aromatic N) is 4. The van der Waals surface area contributed by atoms with Crippen LogP contribution >= 0.6 is 11.6 Å². The molecule has 9 nitrogen and oxygen atoms in total. The Kier molecular flexibility index (Phi) is 6.11. The van der Waals surface area contributed by atoms with Gasteiger partial charge < -0.3 is 20.3 Å². The van der Waals surface area contributed by atoms with Gasteiger partial charge in [0, 0.05) is 30.0 Å². The van der Waals surface area contributed by atoms with Crippen LogP contribution < -0.4 is 15.5 Å². The van der Waals surface area contributed by atoms with Crippen molar-refractivity contribution in [1.82, 2.24) is 20.2 Å². The molecule has 0 saturated carbocycles. The molecule has 0 atom stereocenters. The fourth-order valence-electron chi connectivity index (χ4n) is 3.81. The summed E-state index contributed by atoms with van der Waals surface area (Å²) in [5.74, 6) is 0.122. The molecule has 0 radical (unpaired) electrons. The molecule has 1 aliphatic rings. The van der Waals surface area contributed by atoms with Crippen LogP contribution in [0.15, 0.2) is 61.3 Å². The molecule has 172 valence electrons. The maximum absolute atomic E-state index is 11.7. The zero-order valence-electron chi connectivity index (χ0n) is 18.2. The van der Waals surface area contributed by atoms with E-state index in [-0.39, 0.29) is 5.91 Å². The summed E-state index contributed by atoms with van der Waals surface area (Å²) in [7, 11) is 0. The van der Waals surface area contributed by atoms with E-state index in [1.807, 2.05) is 36.4 Å². The van der Waals surface area contributed by atoms with E-state index in [2.05, 4.69) is 37.3 Å². The van der Waals surface area contributed by atoms with Gasteiger partial charge in [-0.15, -0.1) is 0 Å². The SMILES string of the molecule is C=CC(=O)Nc1cccc(-c2nc(Nc3ccc(Cl)c(N4CCOCC4)c3)nc3[nH]ncc23)c1. The fourth-order valence-corrected chi connectivity index (χ4v) is 4.05. The molecule has 0 bridgehead atoms. The van der Waals surface area contributed by atoms with E-state index in [1.165, 1.54) is 6.08 Å². The Morgan fingerprint density at radius 2 is 2.00 bits per heavy atom. The van der Waals surface area contributed by atoms with Crippen LogP contribution in [0.1, 0.15) is 0 Å². The van der Waals surface area contributed by atoms with E-state index in [1.54, 1.807) is 12.3 Å². The summed E-state index contributed by atoms with van der Waals surface area (Å²) in [6.07, 6.45) is 2.91. The predicted molar refractivity (Wildman–Crippen MR) is 134 cm³/mol. The lowest BCUT2D eigenvalue weighted by Crippen LogP contribution is -2.36. The van der Waals surface area contributed by atoms with Gasteiger partial charge in [0.2, 0.25) is 11.9 Å². The lowest BCUT2D eigenvalue weighted by atomic mass is 10.1. The number of nitrogens with one attached hydrogen (secondary N) is 3. The monoisotopic (exact) mass is 475 g/mol. The Balaban J connectivity index is 1.49. The van der Waals surface area contributed by atoms with Crippen LogP contribution in [0, 0.1) is 0 Å². The number of carbonyl (C=O) groups is 1. The molecule has 0 spiro atoms. The van der Waals surface area contributed by atoms with Gasteiger partial charge in [-0.1, -0.05) is 30.3 Å². The van der Waals surface area contributed by atoms with Gasteiger partial charge in [0.25, 0.3) is 0 Å². The van der Waals surface area contributed by atoms with Crippen molar-refractivity contribution in [2.75, 3.05) is 41.8 Å². The largest absolute Gasteiger partial charge is 0.378 e. The molecule has 3 heterocycles. The van der Waals surface area contributed by atoms with Crippen molar-refractivity contribution in [3.05, 3.63) is 66.3 Å². The lowest BCUT2D eigenvalue weighted by molar-refractivity contribution is -0.111. The minimum atomic E-state index is -0.283. The summed E-state index contributed by atoms with van der Waals surface area (Å²) in [6.45, 7) is 6.39. The van der Waals surface area contributed by atoms with Gasteiger partial charge in [-0.3, -0.25) is 9.89 Å². The summed E-state index contributed by atoms with van der Waals surface area (Å²) in [6, 6.07) is 13.1. The number of benzene rings is 2. The van der Waals surface area contributed by atoms with Gasteiger partial charge in [-0.25, -0.2) is 4.98 Å². The number of aromatic nitrogens is 4. The third-order valence-electron chi connectivity index (χ3n) is 5.45. The maximum Gasteiger partial charge on any atom is 0.247 e. The second-order valence-corrected chi connectivity index (χ2v) is 8.10. The number of fused-ring (bicyclic) bond motifs is 1. The minimum Gasteiger partial charge on any atom is -0.378 e. The van der Waals surface area contributed by atoms with Crippen LogP contribution in [-0.2, 0) is 9.53 Å². The molecule has 5 rings (SSSR count). The third kappa shape index (κ3) is 4.57. The first-order valence-electron chi connectivity index (χ1n) is 10.7. The minimum absolute atomic E-state index is 0.283.